The second-order valence-electron chi connectivity index (χ2n) is 3.82. The molecule has 0 atom stereocenters. The third-order valence-corrected chi connectivity index (χ3v) is 2.41. The summed E-state index contributed by atoms with van der Waals surface area (Å²) in [5.74, 6) is -0.645. The fraction of sp³-hybridized carbons (Fsp3) is 0.308. The van der Waals surface area contributed by atoms with Crippen LogP contribution in [-0.2, 0) is 22.1 Å². The highest BCUT2D eigenvalue weighted by Gasteiger charge is 2.36. The minimum atomic E-state index is -4.82. The molecule has 0 radical (unpaired) electrons. The number of hydrogen-bond donors (Lipinski definition) is 0. The van der Waals surface area contributed by atoms with Gasteiger partial charge in [0, 0.05) is 5.56 Å². The molecule has 1 aromatic rings. The first-order valence-electron chi connectivity index (χ1n) is 5.58. The Morgan fingerprint density at radius 2 is 2.10 bits per heavy atom. The first kappa shape index (κ1) is 15.7. The van der Waals surface area contributed by atoms with Crippen molar-refractivity contribution in [3.63, 3.8) is 0 Å². The molecule has 0 N–H and O–H groups in total. The van der Waals surface area contributed by atoms with Gasteiger partial charge in [0.1, 0.15) is 0 Å². The van der Waals surface area contributed by atoms with Gasteiger partial charge in [-0.25, -0.2) is 0 Å². The van der Waals surface area contributed by atoms with Crippen molar-refractivity contribution in [3.05, 3.63) is 34.4 Å². The van der Waals surface area contributed by atoms with Crippen molar-refractivity contribution in [2.24, 2.45) is 0 Å². The van der Waals surface area contributed by atoms with Gasteiger partial charge in [-0.1, -0.05) is 0 Å². The molecule has 0 saturated heterocycles. The van der Waals surface area contributed by atoms with Crippen molar-refractivity contribution < 1.29 is 27.5 Å². The maximum absolute atomic E-state index is 12.8. The van der Waals surface area contributed by atoms with Crippen LogP contribution in [0.2, 0.25) is 0 Å². The number of hydrogen-bond acceptors (Lipinski definition) is 4. The number of halogens is 3. The second-order valence-corrected chi connectivity index (χ2v) is 3.82. The summed E-state index contributed by atoms with van der Waals surface area (Å²) in [5.41, 5.74) is -2.53. The summed E-state index contributed by atoms with van der Waals surface area (Å²) < 4.78 is 43.0. The maximum atomic E-state index is 12.8. The Bertz CT molecular complexity index is 573. The van der Waals surface area contributed by atoms with Crippen molar-refractivity contribution in [1.29, 1.82) is 5.26 Å². The molecule has 7 heteroatoms. The lowest BCUT2D eigenvalue weighted by Crippen LogP contribution is -2.14. The SMILES string of the molecule is CCOC(=O)Cc1cc(C#N)c(C(F)(F)F)c(C=O)c1. The smallest absolute Gasteiger partial charge is 0.418 e. The molecule has 0 aromatic heterocycles. The predicted molar refractivity (Wildman–Crippen MR) is 61.9 cm³/mol. The summed E-state index contributed by atoms with van der Waals surface area (Å²) in [5, 5.41) is 8.78. The average Bonchev–Trinajstić information content (AvgIpc) is 2.36. The van der Waals surface area contributed by atoms with Gasteiger partial charge in [-0.3, -0.25) is 9.59 Å². The molecule has 0 aliphatic rings. The molecular formula is C13H10F3NO3. The van der Waals surface area contributed by atoms with Crippen LogP contribution in [0.5, 0.6) is 0 Å². The highest BCUT2D eigenvalue weighted by atomic mass is 19.4. The Morgan fingerprint density at radius 1 is 1.45 bits per heavy atom. The molecule has 106 valence electrons. The van der Waals surface area contributed by atoms with Crippen LogP contribution in [0.3, 0.4) is 0 Å². The van der Waals surface area contributed by atoms with E-state index in [0.717, 1.165) is 12.1 Å². The molecule has 0 spiro atoms. The molecule has 0 amide bonds. The third-order valence-electron chi connectivity index (χ3n) is 2.41. The van der Waals surface area contributed by atoms with E-state index in [-0.39, 0.29) is 24.9 Å². The average molecular weight is 285 g/mol. The molecule has 1 aromatic carbocycles. The van der Waals surface area contributed by atoms with E-state index in [1.54, 1.807) is 6.92 Å². The second kappa shape index (κ2) is 6.19. The molecule has 4 nitrogen and oxygen atoms in total. The Morgan fingerprint density at radius 3 is 2.55 bits per heavy atom. The molecule has 0 saturated carbocycles. The van der Waals surface area contributed by atoms with Gasteiger partial charge in [0.25, 0.3) is 0 Å². The van der Waals surface area contributed by atoms with Crippen LogP contribution < -0.4 is 0 Å². The maximum Gasteiger partial charge on any atom is 0.418 e. The number of ether oxygens (including phenoxy) is 1. The van der Waals surface area contributed by atoms with E-state index in [1.165, 1.54) is 6.07 Å². The number of nitrogens with zero attached hydrogens (tertiary/aromatic N) is 1. The number of esters is 1. The molecular weight excluding hydrogens is 275 g/mol. The van der Waals surface area contributed by atoms with Gasteiger partial charge in [-0.15, -0.1) is 0 Å². The monoisotopic (exact) mass is 285 g/mol. The topological polar surface area (TPSA) is 67.2 Å². The van der Waals surface area contributed by atoms with Crippen LogP contribution in [0, 0.1) is 11.3 Å². The number of nitriles is 1. The molecule has 0 aliphatic carbocycles. The number of benzene rings is 1. The van der Waals surface area contributed by atoms with E-state index in [2.05, 4.69) is 4.74 Å². The van der Waals surface area contributed by atoms with Crippen LogP contribution in [-0.4, -0.2) is 18.9 Å². The number of carbonyl (C=O) groups is 2. The minimum Gasteiger partial charge on any atom is -0.466 e. The lowest BCUT2D eigenvalue weighted by molar-refractivity contribution is -0.142. The molecule has 0 aliphatic heterocycles. The van der Waals surface area contributed by atoms with Crippen LogP contribution in [0.15, 0.2) is 12.1 Å². The first-order valence-corrected chi connectivity index (χ1v) is 5.58. The zero-order valence-electron chi connectivity index (χ0n) is 10.5. The summed E-state index contributed by atoms with van der Waals surface area (Å²) in [7, 11) is 0. The Balaban J connectivity index is 3.31. The summed E-state index contributed by atoms with van der Waals surface area (Å²) in [6.07, 6.45) is -5.11. The van der Waals surface area contributed by atoms with Gasteiger partial charge >= 0.3 is 12.1 Å². The fourth-order valence-corrected chi connectivity index (χ4v) is 1.70. The van der Waals surface area contributed by atoms with Gasteiger partial charge in [0.2, 0.25) is 0 Å². The third kappa shape index (κ3) is 3.57. The van der Waals surface area contributed by atoms with Gasteiger partial charge in [0.05, 0.1) is 30.2 Å². The highest BCUT2D eigenvalue weighted by molar-refractivity contribution is 5.81. The molecule has 1 rings (SSSR count). The number of aldehydes is 1. The van der Waals surface area contributed by atoms with Crippen molar-refractivity contribution in [3.8, 4) is 6.07 Å². The lowest BCUT2D eigenvalue weighted by Gasteiger charge is -2.13. The zero-order valence-corrected chi connectivity index (χ0v) is 10.5. The van der Waals surface area contributed by atoms with Crippen molar-refractivity contribution >= 4 is 12.3 Å². The van der Waals surface area contributed by atoms with Crippen molar-refractivity contribution in [2.45, 2.75) is 19.5 Å². The first-order chi connectivity index (χ1) is 9.33. The molecule has 0 bridgehead atoms. The molecule has 0 fully saturated rings. The van der Waals surface area contributed by atoms with Crippen LogP contribution in [0.25, 0.3) is 0 Å². The fourth-order valence-electron chi connectivity index (χ4n) is 1.70. The number of carbonyl (C=O) groups excluding carboxylic acids is 2. The van der Waals surface area contributed by atoms with Crippen molar-refractivity contribution in [2.75, 3.05) is 6.61 Å². The van der Waals surface area contributed by atoms with E-state index < -0.39 is 28.8 Å². The van der Waals surface area contributed by atoms with E-state index >= 15 is 0 Å². The summed E-state index contributed by atoms with van der Waals surface area (Å²) in [4.78, 5) is 22.1. The lowest BCUT2D eigenvalue weighted by atomic mass is 9.97. The van der Waals surface area contributed by atoms with Gasteiger partial charge in [-0.2, -0.15) is 18.4 Å². The van der Waals surface area contributed by atoms with Gasteiger partial charge in [-0.05, 0) is 24.6 Å². The highest BCUT2D eigenvalue weighted by Crippen LogP contribution is 2.34. The number of rotatable bonds is 4. The van der Waals surface area contributed by atoms with Crippen LogP contribution in [0.4, 0.5) is 13.2 Å². The summed E-state index contributed by atoms with van der Waals surface area (Å²) in [6.45, 7) is 1.72. The van der Waals surface area contributed by atoms with Crippen LogP contribution in [0.1, 0.15) is 34.0 Å². The van der Waals surface area contributed by atoms with Gasteiger partial charge in [0.15, 0.2) is 6.29 Å². The standard InChI is InChI=1S/C13H10F3NO3/c1-2-20-11(19)5-8-3-9(6-17)12(13(14,15)16)10(4-8)7-18/h3-4,7H,2,5H2,1H3. The van der Waals surface area contributed by atoms with E-state index in [4.69, 9.17) is 5.26 Å². The normalized spacial score (nSPS) is 10.8. The van der Waals surface area contributed by atoms with E-state index in [1.807, 2.05) is 0 Å². The molecule has 0 unspecified atom stereocenters. The largest absolute Gasteiger partial charge is 0.466 e. The zero-order chi connectivity index (χ0) is 15.3. The minimum absolute atomic E-state index is 0.0122. The number of alkyl halides is 3. The predicted octanol–water partition coefficient (Wildman–Crippen LogP) is 2.50. The van der Waals surface area contributed by atoms with Crippen molar-refractivity contribution in [1.82, 2.24) is 0 Å². The molecule has 20 heavy (non-hydrogen) atoms. The molecule has 0 heterocycles. The quantitative estimate of drug-likeness (QED) is 0.629. The van der Waals surface area contributed by atoms with E-state index in [9.17, 15) is 22.8 Å². The Labute approximate surface area is 112 Å². The summed E-state index contributed by atoms with van der Waals surface area (Å²) in [6, 6.07) is 3.27. The Hall–Kier alpha value is -2.36. The summed E-state index contributed by atoms with van der Waals surface area (Å²) >= 11 is 0. The van der Waals surface area contributed by atoms with Gasteiger partial charge < -0.3 is 4.74 Å². The van der Waals surface area contributed by atoms with E-state index in [0.29, 0.717) is 0 Å². The Kier molecular flexibility index (Phi) is 4.86. The van der Waals surface area contributed by atoms with Crippen LogP contribution >= 0.6 is 0 Å².